The Balaban J connectivity index is 1.99. The first-order chi connectivity index (χ1) is 13.8. The average molecular weight is 404 g/mol. The summed E-state index contributed by atoms with van der Waals surface area (Å²) in [6.45, 7) is 3.07. The van der Waals surface area contributed by atoms with E-state index in [1.54, 1.807) is 6.92 Å². The van der Waals surface area contributed by atoms with Crippen molar-refractivity contribution in [3.8, 4) is 0 Å². The van der Waals surface area contributed by atoms with E-state index in [2.05, 4.69) is 10.1 Å². The maximum Gasteiger partial charge on any atom is 0.338 e. The molecule has 1 N–H and O–H groups in total. The number of nitrogens with one attached hydrogen (secondary N) is 1. The van der Waals surface area contributed by atoms with Gasteiger partial charge >= 0.3 is 11.9 Å². The van der Waals surface area contributed by atoms with Crippen molar-refractivity contribution >= 4 is 35.3 Å². The summed E-state index contributed by atoms with van der Waals surface area (Å²) >= 11 is 0. The van der Waals surface area contributed by atoms with Gasteiger partial charge in [-0.15, -0.1) is 0 Å². The molecule has 3 amide bonds. The molecule has 0 radical (unpaired) electrons. The van der Waals surface area contributed by atoms with E-state index in [1.165, 1.54) is 31.4 Å². The number of nitrogens with zero attached hydrogens (tertiary/aromatic N) is 1. The fourth-order valence-electron chi connectivity index (χ4n) is 2.86. The predicted molar refractivity (Wildman–Crippen MR) is 102 cm³/mol. The van der Waals surface area contributed by atoms with Crippen molar-refractivity contribution in [1.82, 2.24) is 5.32 Å². The van der Waals surface area contributed by atoms with Gasteiger partial charge in [0.25, 0.3) is 5.91 Å². The molecule has 1 aromatic rings. The number of benzene rings is 1. The number of esters is 2. The molecule has 0 unspecified atom stereocenters. The molecule has 2 atom stereocenters. The van der Waals surface area contributed by atoms with E-state index in [4.69, 9.17) is 4.74 Å². The van der Waals surface area contributed by atoms with Crippen LogP contribution in [0.25, 0.3) is 0 Å². The first kappa shape index (κ1) is 22.1. The Kier molecular flexibility index (Phi) is 7.46. The number of carbonyl (C=O) groups is 5. The van der Waals surface area contributed by atoms with Gasteiger partial charge in [0, 0.05) is 12.8 Å². The topological polar surface area (TPSA) is 119 Å². The van der Waals surface area contributed by atoms with Crippen LogP contribution in [0.4, 0.5) is 5.69 Å². The molecule has 1 aliphatic rings. The maximum absolute atomic E-state index is 12.3. The Morgan fingerprint density at radius 2 is 1.83 bits per heavy atom. The van der Waals surface area contributed by atoms with Crippen LogP contribution in [0, 0.1) is 5.92 Å². The molecule has 9 heteroatoms. The Labute approximate surface area is 168 Å². The fraction of sp³-hybridized carbons (Fsp3) is 0.450. The van der Waals surface area contributed by atoms with Crippen LogP contribution in [0.15, 0.2) is 24.3 Å². The Bertz CT molecular complexity index is 805. The molecule has 1 saturated heterocycles. The molecule has 156 valence electrons. The van der Waals surface area contributed by atoms with Crippen LogP contribution in [0.1, 0.15) is 43.5 Å². The number of rotatable bonds is 8. The first-order valence-electron chi connectivity index (χ1n) is 9.28. The third-order valence-corrected chi connectivity index (χ3v) is 4.71. The zero-order chi connectivity index (χ0) is 21.6. The fourth-order valence-corrected chi connectivity index (χ4v) is 2.86. The number of methoxy groups -OCH3 is 1. The largest absolute Gasteiger partial charge is 0.467 e. The van der Waals surface area contributed by atoms with Crippen molar-refractivity contribution in [2.75, 3.05) is 18.6 Å². The molecule has 1 aromatic carbocycles. The molecular formula is C20H24N2O7. The molecule has 1 heterocycles. The number of ether oxygens (including phenoxy) is 2. The maximum atomic E-state index is 12.3. The highest BCUT2D eigenvalue weighted by atomic mass is 16.5. The molecule has 2 rings (SSSR count). The lowest BCUT2D eigenvalue weighted by molar-refractivity contribution is -0.147. The van der Waals surface area contributed by atoms with Crippen molar-refractivity contribution in [2.24, 2.45) is 5.92 Å². The van der Waals surface area contributed by atoms with Crippen molar-refractivity contribution in [2.45, 2.75) is 39.2 Å². The minimum atomic E-state index is -0.841. The summed E-state index contributed by atoms with van der Waals surface area (Å²) in [6, 6.07) is 5.02. The minimum absolute atomic E-state index is 0.0919. The van der Waals surface area contributed by atoms with Crippen LogP contribution in [-0.4, -0.2) is 49.4 Å². The van der Waals surface area contributed by atoms with Crippen molar-refractivity contribution in [3.05, 3.63) is 29.8 Å². The van der Waals surface area contributed by atoms with Gasteiger partial charge in [0.2, 0.25) is 11.8 Å². The lowest BCUT2D eigenvalue weighted by Crippen LogP contribution is -2.47. The van der Waals surface area contributed by atoms with Gasteiger partial charge in [0.05, 0.1) is 18.4 Å². The number of amides is 3. The van der Waals surface area contributed by atoms with E-state index in [0.717, 1.165) is 4.90 Å². The smallest absolute Gasteiger partial charge is 0.338 e. The Morgan fingerprint density at radius 1 is 1.17 bits per heavy atom. The molecule has 0 bridgehead atoms. The minimum Gasteiger partial charge on any atom is -0.467 e. The monoisotopic (exact) mass is 404 g/mol. The van der Waals surface area contributed by atoms with E-state index >= 15 is 0 Å². The lowest BCUT2D eigenvalue weighted by Gasteiger charge is -2.21. The second kappa shape index (κ2) is 9.81. The van der Waals surface area contributed by atoms with Crippen LogP contribution >= 0.6 is 0 Å². The van der Waals surface area contributed by atoms with Gasteiger partial charge in [0.15, 0.2) is 6.61 Å². The van der Waals surface area contributed by atoms with Crippen molar-refractivity contribution in [1.29, 1.82) is 0 Å². The van der Waals surface area contributed by atoms with E-state index in [1.807, 2.05) is 6.92 Å². The summed E-state index contributed by atoms with van der Waals surface area (Å²) in [7, 11) is 1.23. The van der Waals surface area contributed by atoms with Crippen LogP contribution in [0.5, 0.6) is 0 Å². The van der Waals surface area contributed by atoms with E-state index in [9.17, 15) is 24.0 Å². The molecule has 0 spiro atoms. The second-order valence-corrected chi connectivity index (χ2v) is 6.70. The molecule has 0 aromatic heterocycles. The average Bonchev–Trinajstić information content (AvgIpc) is 3.07. The summed E-state index contributed by atoms with van der Waals surface area (Å²) in [5.74, 6) is -2.84. The number of hydrogen-bond acceptors (Lipinski definition) is 7. The number of imide groups is 1. The van der Waals surface area contributed by atoms with Gasteiger partial charge < -0.3 is 14.8 Å². The van der Waals surface area contributed by atoms with Crippen LogP contribution in [0.2, 0.25) is 0 Å². The molecular weight excluding hydrogens is 380 g/mol. The van der Waals surface area contributed by atoms with E-state index in [-0.39, 0.29) is 41.8 Å². The zero-order valence-electron chi connectivity index (χ0n) is 16.6. The molecule has 29 heavy (non-hydrogen) atoms. The lowest BCUT2D eigenvalue weighted by atomic mass is 9.99. The number of hydrogen-bond donors (Lipinski definition) is 1. The second-order valence-electron chi connectivity index (χ2n) is 6.70. The van der Waals surface area contributed by atoms with E-state index < -0.39 is 30.5 Å². The van der Waals surface area contributed by atoms with Crippen LogP contribution < -0.4 is 10.2 Å². The number of anilines is 1. The predicted octanol–water partition coefficient (Wildman–Crippen LogP) is 1.20. The molecule has 0 saturated carbocycles. The molecule has 1 fully saturated rings. The highest BCUT2D eigenvalue weighted by Gasteiger charge is 2.31. The SMILES string of the molecule is CC[C@@H](C)[C@@H](NC(=O)COC(=O)c1cccc(N2C(=O)CCC2=O)c1)C(=O)OC. The van der Waals surface area contributed by atoms with Gasteiger partial charge in [-0.25, -0.2) is 9.59 Å². The van der Waals surface area contributed by atoms with Crippen LogP contribution in [0.3, 0.4) is 0 Å². The van der Waals surface area contributed by atoms with E-state index in [0.29, 0.717) is 6.42 Å². The summed E-state index contributed by atoms with van der Waals surface area (Å²) in [4.78, 5) is 60.9. The third kappa shape index (κ3) is 5.40. The van der Waals surface area contributed by atoms with Gasteiger partial charge in [-0.3, -0.25) is 19.3 Å². The van der Waals surface area contributed by atoms with Crippen LogP contribution in [-0.2, 0) is 28.7 Å². The molecule has 0 aliphatic carbocycles. The van der Waals surface area contributed by atoms with Crippen molar-refractivity contribution in [3.63, 3.8) is 0 Å². The third-order valence-electron chi connectivity index (χ3n) is 4.71. The summed E-state index contributed by atoms with van der Waals surface area (Å²) < 4.78 is 9.69. The first-order valence-corrected chi connectivity index (χ1v) is 9.28. The molecule has 9 nitrogen and oxygen atoms in total. The molecule has 1 aliphatic heterocycles. The van der Waals surface area contributed by atoms with Gasteiger partial charge in [-0.1, -0.05) is 26.3 Å². The van der Waals surface area contributed by atoms with Crippen molar-refractivity contribution < 1.29 is 33.4 Å². The zero-order valence-corrected chi connectivity index (χ0v) is 16.6. The summed E-state index contributed by atoms with van der Waals surface area (Å²) in [5.41, 5.74) is 0.369. The van der Waals surface area contributed by atoms with Gasteiger partial charge in [-0.05, 0) is 24.1 Å². The highest BCUT2D eigenvalue weighted by Crippen LogP contribution is 2.23. The quantitative estimate of drug-likeness (QED) is 0.511. The summed E-state index contributed by atoms with van der Waals surface area (Å²) in [5, 5.41) is 2.50. The number of carbonyl (C=O) groups excluding carboxylic acids is 5. The Hall–Kier alpha value is -3.23. The highest BCUT2D eigenvalue weighted by molar-refractivity contribution is 6.20. The standard InChI is InChI=1S/C20H24N2O7/c1-4-12(2)18(20(27)28-3)21-15(23)11-29-19(26)13-6-5-7-14(10-13)22-16(24)8-9-17(22)25/h5-7,10,12,18H,4,8-9,11H2,1-3H3,(H,21,23)/t12-,18-/m1/s1. The summed E-state index contributed by atoms with van der Waals surface area (Å²) in [6.07, 6.45) is 0.900. The van der Waals surface area contributed by atoms with Gasteiger partial charge in [0.1, 0.15) is 6.04 Å². The Morgan fingerprint density at radius 3 is 2.41 bits per heavy atom. The van der Waals surface area contributed by atoms with Gasteiger partial charge in [-0.2, -0.15) is 0 Å². The normalized spacial score (nSPS) is 15.6.